The SMILES string of the molecule is CC1(C)c2ccccc2-c2c(N(c3ccc(-c4ccc5cc6sc7ccccc7c6cc5c4)cc3)c3ccccc3-c3ccc4ccccc4c3)cccc21. The van der Waals surface area contributed by atoms with Gasteiger partial charge in [-0.3, -0.25) is 0 Å². The molecule has 9 aromatic carbocycles. The van der Waals surface area contributed by atoms with E-state index in [1.807, 2.05) is 11.3 Å². The van der Waals surface area contributed by atoms with Crippen molar-refractivity contribution in [1.82, 2.24) is 0 Å². The van der Waals surface area contributed by atoms with E-state index in [1.165, 1.54) is 91.9 Å². The first-order valence-electron chi connectivity index (χ1n) is 19.1. The van der Waals surface area contributed by atoms with Gasteiger partial charge in [-0.25, -0.2) is 0 Å². The number of para-hydroxylation sites is 1. The van der Waals surface area contributed by atoms with Gasteiger partial charge in [0.15, 0.2) is 0 Å². The predicted molar refractivity (Wildman–Crippen MR) is 237 cm³/mol. The molecule has 1 aromatic heterocycles. The van der Waals surface area contributed by atoms with Crippen molar-refractivity contribution < 1.29 is 0 Å². The molecule has 0 aliphatic heterocycles. The molecule has 0 saturated carbocycles. The van der Waals surface area contributed by atoms with Crippen LogP contribution in [0.3, 0.4) is 0 Å². The molecule has 0 N–H and O–H groups in total. The fourth-order valence-electron chi connectivity index (χ4n) is 9.05. The third-order valence-electron chi connectivity index (χ3n) is 11.8. The number of benzene rings is 9. The van der Waals surface area contributed by atoms with Crippen LogP contribution in [-0.2, 0) is 5.41 Å². The molecular formula is C53H37NS. The van der Waals surface area contributed by atoms with Gasteiger partial charge < -0.3 is 4.90 Å². The van der Waals surface area contributed by atoms with Crippen LogP contribution in [0.15, 0.2) is 188 Å². The summed E-state index contributed by atoms with van der Waals surface area (Å²) in [5.74, 6) is 0. The zero-order valence-corrected chi connectivity index (χ0v) is 31.6. The molecule has 10 aromatic rings. The van der Waals surface area contributed by atoms with Crippen molar-refractivity contribution in [2.75, 3.05) is 4.90 Å². The second-order valence-electron chi connectivity index (χ2n) is 15.3. The summed E-state index contributed by atoms with van der Waals surface area (Å²) >= 11 is 1.88. The molecule has 0 radical (unpaired) electrons. The van der Waals surface area contributed by atoms with Gasteiger partial charge in [0, 0.05) is 42.4 Å². The zero-order valence-electron chi connectivity index (χ0n) is 30.8. The summed E-state index contributed by atoms with van der Waals surface area (Å²) in [6, 6.07) is 69.7. The molecule has 0 spiro atoms. The lowest BCUT2D eigenvalue weighted by Crippen LogP contribution is -2.16. The molecule has 0 atom stereocenters. The lowest BCUT2D eigenvalue weighted by atomic mass is 9.82. The van der Waals surface area contributed by atoms with Crippen LogP contribution < -0.4 is 4.90 Å². The summed E-state index contributed by atoms with van der Waals surface area (Å²) in [4.78, 5) is 2.49. The summed E-state index contributed by atoms with van der Waals surface area (Å²) in [5, 5.41) is 7.70. The number of hydrogen-bond acceptors (Lipinski definition) is 2. The Morgan fingerprint density at radius 2 is 1.04 bits per heavy atom. The van der Waals surface area contributed by atoms with Crippen LogP contribution in [0.1, 0.15) is 25.0 Å². The van der Waals surface area contributed by atoms with E-state index in [9.17, 15) is 0 Å². The van der Waals surface area contributed by atoms with Gasteiger partial charge in [-0.2, -0.15) is 0 Å². The minimum atomic E-state index is -0.105. The quantitative estimate of drug-likeness (QED) is 0.171. The van der Waals surface area contributed by atoms with Crippen LogP contribution in [0.25, 0.3) is 75.1 Å². The molecule has 0 bridgehead atoms. The average molecular weight is 720 g/mol. The highest BCUT2D eigenvalue weighted by atomic mass is 32.1. The van der Waals surface area contributed by atoms with E-state index in [0.29, 0.717) is 0 Å². The summed E-state index contributed by atoms with van der Waals surface area (Å²) in [6.07, 6.45) is 0. The van der Waals surface area contributed by atoms with Crippen LogP contribution in [0.2, 0.25) is 0 Å². The fraction of sp³-hybridized carbons (Fsp3) is 0.0566. The maximum Gasteiger partial charge on any atom is 0.0543 e. The Kier molecular flexibility index (Phi) is 7.14. The molecule has 1 aliphatic carbocycles. The van der Waals surface area contributed by atoms with E-state index in [-0.39, 0.29) is 5.41 Å². The molecule has 55 heavy (non-hydrogen) atoms. The first-order chi connectivity index (χ1) is 27.0. The molecule has 1 aliphatic rings. The van der Waals surface area contributed by atoms with Crippen molar-refractivity contribution in [2.24, 2.45) is 0 Å². The molecule has 1 nitrogen and oxygen atoms in total. The molecule has 0 fully saturated rings. The Hall–Kier alpha value is -6.48. The van der Waals surface area contributed by atoms with Crippen LogP contribution >= 0.6 is 11.3 Å². The molecule has 0 unspecified atom stereocenters. The van der Waals surface area contributed by atoms with E-state index in [4.69, 9.17) is 0 Å². The summed E-state index contributed by atoms with van der Waals surface area (Å²) in [7, 11) is 0. The monoisotopic (exact) mass is 719 g/mol. The van der Waals surface area contributed by atoms with Gasteiger partial charge in [-0.1, -0.05) is 147 Å². The lowest BCUT2D eigenvalue weighted by Gasteiger charge is -2.30. The Morgan fingerprint density at radius 1 is 0.400 bits per heavy atom. The van der Waals surface area contributed by atoms with Crippen LogP contribution in [-0.4, -0.2) is 0 Å². The van der Waals surface area contributed by atoms with Gasteiger partial charge >= 0.3 is 0 Å². The van der Waals surface area contributed by atoms with Crippen molar-refractivity contribution in [3.63, 3.8) is 0 Å². The second-order valence-corrected chi connectivity index (χ2v) is 16.4. The number of anilines is 3. The van der Waals surface area contributed by atoms with E-state index in [1.54, 1.807) is 0 Å². The Bertz CT molecular complexity index is 3130. The molecule has 0 amide bonds. The molecule has 260 valence electrons. The zero-order chi connectivity index (χ0) is 36.7. The van der Waals surface area contributed by atoms with Crippen molar-refractivity contribution in [1.29, 1.82) is 0 Å². The number of hydrogen-bond donors (Lipinski definition) is 0. The Morgan fingerprint density at radius 3 is 1.93 bits per heavy atom. The van der Waals surface area contributed by atoms with Crippen LogP contribution in [0.4, 0.5) is 17.1 Å². The maximum absolute atomic E-state index is 2.49. The van der Waals surface area contributed by atoms with Crippen LogP contribution in [0.5, 0.6) is 0 Å². The van der Waals surface area contributed by atoms with E-state index < -0.39 is 0 Å². The van der Waals surface area contributed by atoms with Crippen LogP contribution in [0, 0.1) is 0 Å². The fourth-order valence-corrected chi connectivity index (χ4v) is 10.2. The molecule has 11 rings (SSSR count). The third kappa shape index (κ3) is 5.06. The molecule has 1 heterocycles. The van der Waals surface area contributed by atoms with E-state index in [0.717, 1.165) is 11.4 Å². The molecular weight excluding hydrogens is 683 g/mol. The molecule has 0 saturated heterocycles. The maximum atomic E-state index is 2.49. The summed E-state index contributed by atoms with van der Waals surface area (Å²) in [5.41, 5.74) is 13.5. The number of fused-ring (bicyclic) bond motifs is 8. The first-order valence-corrected chi connectivity index (χ1v) is 19.9. The van der Waals surface area contributed by atoms with Gasteiger partial charge in [0.2, 0.25) is 0 Å². The normalized spacial score (nSPS) is 13.1. The van der Waals surface area contributed by atoms with Crippen molar-refractivity contribution in [3.05, 3.63) is 199 Å². The highest BCUT2D eigenvalue weighted by molar-refractivity contribution is 7.25. The predicted octanol–water partition coefficient (Wildman–Crippen LogP) is 15.5. The highest BCUT2D eigenvalue weighted by Crippen LogP contribution is 2.55. The van der Waals surface area contributed by atoms with Crippen molar-refractivity contribution in [3.8, 4) is 33.4 Å². The highest BCUT2D eigenvalue weighted by Gasteiger charge is 2.37. The van der Waals surface area contributed by atoms with Crippen molar-refractivity contribution in [2.45, 2.75) is 19.3 Å². The third-order valence-corrected chi connectivity index (χ3v) is 13.0. The van der Waals surface area contributed by atoms with Gasteiger partial charge in [-0.05, 0) is 110 Å². The van der Waals surface area contributed by atoms with Gasteiger partial charge in [0.05, 0.1) is 11.4 Å². The van der Waals surface area contributed by atoms with Gasteiger partial charge in [0.25, 0.3) is 0 Å². The Balaban J connectivity index is 1.08. The minimum absolute atomic E-state index is 0.105. The summed E-state index contributed by atoms with van der Waals surface area (Å²) < 4.78 is 2.68. The van der Waals surface area contributed by atoms with E-state index in [2.05, 4.69) is 207 Å². The minimum Gasteiger partial charge on any atom is -0.309 e. The summed E-state index contributed by atoms with van der Waals surface area (Å²) in [6.45, 7) is 4.72. The smallest absolute Gasteiger partial charge is 0.0543 e. The largest absolute Gasteiger partial charge is 0.309 e. The van der Waals surface area contributed by atoms with E-state index >= 15 is 0 Å². The van der Waals surface area contributed by atoms with Crippen molar-refractivity contribution >= 4 is 70.1 Å². The topological polar surface area (TPSA) is 3.24 Å². The first kappa shape index (κ1) is 32.0. The Labute approximate surface area is 325 Å². The number of thiophene rings is 1. The standard InChI is InChI=1S/C53H37NS/c1-53(2)46-17-8-5-16-44(46)52-47(53)18-11-20-49(52)54(48-19-9-6-14-42(48)39-25-22-34-12-3-4-13-36(34)30-39)41-28-26-35(27-29-41)37-23-24-38-33-51-45(32-40(38)31-37)43-15-7-10-21-50(43)55-51/h3-33H,1-2H3. The van der Waals surface area contributed by atoms with Gasteiger partial charge in [0.1, 0.15) is 0 Å². The second kappa shape index (κ2) is 12.3. The lowest BCUT2D eigenvalue weighted by molar-refractivity contribution is 0.660. The van der Waals surface area contributed by atoms with Gasteiger partial charge in [-0.15, -0.1) is 11.3 Å². The molecule has 2 heteroatoms. The number of rotatable bonds is 5. The average Bonchev–Trinajstić information content (AvgIpc) is 3.71. The number of nitrogens with zero attached hydrogens (tertiary/aromatic N) is 1.